The van der Waals surface area contributed by atoms with E-state index in [1.165, 1.54) is 6.92 Å². The first kappa shape index (κ1) is 33.2. The first-order chi connectivity index (χ1) is 19.3. The largest absolute Gasteiger partial charge is 0.508 e. The lowest BCUT2D eigenvalue weighted by molar-refractivity contribution is 0.186. The summed E-state index contributed by atoms with van der Waals surface area (Å²) in [4.78, 5) is 0.969. The van der Waals surface area contributed by atoms with Crippen LogP contribution in [0.5, 0.6) is 11.5 Å². The Bertz CT molecular complexity index is 1180. The van der Waals surface area contributed by atoms with E-state index < -0.39 is 0 Å². The van der Waals surface area contributed by atoms with Crippen LogP contribution in [0.3, 0.4) is 0 Å². The Morgan fingerprint density at radius 3 is 2.35 bits per heavy atom. The molecule has 0 aliphatic carbocycles. The van der Waals surface area contributed by atoms with Crippen molar-refractivity contribution in [2.45, 2.75) is 77.7 Å². The average Bonchev–Trinajstić information content (AvgIpc) is 2.94. The lowest BCUT2D eigenvalue weighted by Gasteiger charge is -2.25. The molecule has 1 atom stereocenters. The summed E-state index contributed by atoms with van der Waals surface area (Å²) in [6.45, 7) is 13.9. The van der Waals surface area contributed by atoms with Gasteiger partial charge in [0.1, 0.15) is 23.1 Å². The minimum atomic E-state index is -0.272. The van der Waals surface area contributed by atoms with Crippen LogP contribution in [0.25, 0.3) is 5.57 Å². The number of thioether (sulfide) groups is 1. The van der Waals surface area contributed by atoms with Crippen molar-refractivity contribution in [2.75, 3.05) is 19.0 Å². The van der Waals surface area contributed by atoms with Gasteiger partial charge in [-0.2, -0.15) is 0 Å². The molecule has 1 heterocycles. The molecule has 0 aromatic heterocycles. The summed E-state index contributed by atoms with van der Waals surface area (Å²) >= 11 is 1.59. The molecule has 0 amide bonds. The van der Waals surface area contributed by atoms with Crippen LogP contribution in [0, 0.1) is 0 Å². The number of allylic oxidation sites excluding steroid dienone is 4. The molecule has 1 N–H and O–H groups in total. The van der Waals surface area contributed by atoms with E-state index in [0.29, 0.717) is 23.7 Å². The zero-order chi connectivity index (χ0) is 29.5. The van der Waals surface area contributed by atoms with Gasteiger partial charge in [0.15, 0.2) is 0 Å². The molecule has 0 fully saturated rings. The zero-order valence-electron chi connectivity index (χ0n) is 24.6. The number of alkyl halides is 1. The quantitative estimate of drug-likeness (QED) is 0.192. The number of fused-ring (bicyclic) bond motifs is 1. The monoisotopic (exact) mass is 570 g/mol. The average molecular weight is 571 g/mol. The summed E-state index contributed by atoms with van der Waals surface area (Å²) < 4.78 is 37.5. The highest BCUT2D eigenvalue weighted by molar-refractivity contribution is 7.99. The van der Waals surface area contributed by atoms with Crippen molar-refractivity contribution in [3.8, 4) is 11.5 Å². The smallest absolute Gasteiger partial charge is 0.119 e. The molecule has 0 radical (unpaired) electrons. The SMILES string of the molecule is C=C(/C=C\C(C1=C(c2ccc(OC(CC)CCC)cc2)c2ccc(O)cc2SC1)=C(/C)F)OCC.CCCCF. The number of phenolic OH excluding ortho intramolecular Hbond substituents is 1. The molecule has 0 bridgehead atoms. The topological polar surface area (TPSA) is 38.7 Å². The summed E-state index contributed by atoms with van der Waals surface area (Å²) in [6.07, 6.45) is 8.39. The Morgan fingerprint density at radius 1 is 1.07 bits per heavy atom. The normalized spacial score (nSPS) is 14.2. The van der Waals surface area contributed by atoms with E-state index in [4.69, 9.17) is 9.47 Å². The maximum Gasteiger partial charge on any atom is 0.119 e. The molecule has 1 unspecified atom stereocenters. The lowest BCUT2D eigenvalue weighted by atomic mass is 9.89. The number of phenols is 1. The fourth-order valence-electron chi connectivity index (χ4n) is 4.29. The number of unbranched alkanes of at least 4 members (excludes halogenated alkanes) is 1. The molecule has 0 saturated heterocycles. The Morgan fingerprint density at radius 2 is 1.80 bits per heavy atom. The number of ether oxygens (including phenoxy) is 2. The van der Waals surface area contributed by atoms with Gasteiger partial charge < -0.3 is 14.6 Å². The van der Waals surface area contributed by atoms with Crippen molar-refractivity contribution in [1.82, 2.24) is 0 Å². The van der Waals surface area contributed by atoms with E-state index in [-0.39, 0.29) is 24.4 Å². The molecule has 6 heteroatoms. The summed E-state index contributed by atoms with van der Waals surface area (Å²) in [7, 11) is 0. The second kappa shape index (κ2) is 17.6. The zero-order valence-corrected chi connectivity index (χ0v) is 25.4. The van der Waals surface area contributed by atoms with Gasteiger partial charge in [-0.05, 0) is 97.9 Å². The van der Waals surface area contributed by atoms with Crippen molar-refractivity contribution < 1.29 is 23.4 Å². The fraction of sp³-hybridized carbons (Fsp3) is 0.412. The standard InChI is InChI=1S/C30H35FO3S.C4H9F/c1-6-9-24(7-2)34-25-14-11-22(12-15-25)30-27-17-13-23(32)18-29(27)35-19-28(30)26(21(5)31)16-10-20(4)33-8-3;1-2-3-4-5/h10-18,24,32H,4,6-9,19H2,1-3,5H3;2-4H2,1H3/b16-10-,26-21-;. The predicted molar refractivity (Wildman–Crippen MR) is 166 cm³/mol. The molecular formula is C34H44F2O3S. The van der Waals surface area contributed by atoms with Crippen molar-refractivity contribution in [3.05, 3.63) is 95.1 Å². The molecular weight excluding hydrogens is 526 g/mol. The molecule has 3 rings (SSSR count). The number of halogens is 2. The van der Waals surface area contributed by atoms with Crippen LogP contribution in [0.1, 0.15) is 77.8 Å². The van der Waals surface area contributed by atoms with E-state index in [1.54, 1.807) is 36.0 Å². The van der Waals surface area contributed by atoms with E-state index in [1.807, 2.05) is 44.2 Å². The van der Waals surface area contributed by atoms with Gasteiger partial charge in [-0.3, -0.25) is 4.39 Å². The maximum absolute atomic E-state index is 14.9. The first-order valence-electron chi connectivity index (χ1n) is 14.2. The summed E-state index contributed by atoms with van der Waals surface area (Å²) in [5, 5.41) is 10.0. The number of benzene rings is 2. The molecule has 0 spiro atoms. The first-order valence-corrected chi connectivity index (χ1v) is 15.2. The van der Waals surface area contributed by atoms with E-state index in [9.17, 15) is 13.9 Å². The number of hydrogen-bond acceptors (Lipinski definition) is 4. The van der Waals surface area contributed by atoms with Gasteiger partial charge in [0, 0.05) is 16.2 Å². The Balaban J connectivity index is 0.00000103. The molecule has 40 heavy (non-hydrogen) atoms. The van der Waals surface area contributed by atoms with Crippen LogP contribution in [-0.2, 0) is 4.74 Å². The number of rotatable bonds is 13. The molecule has 218 valence electrons. The minimum absolute atomic E-state index is 0.156. The number of hydrogen-bond donors (Lipinski definition) is 1. The highest BCUT2D eigenvalue weighted by Crippen LogP contribution is 2.45. The van der Waals surface area contributed by atoms with Crippen LogP contribution < -0.4 is 4.74 Å². The second-order valence-electron chi connectivity index (χ2n) is 9.51. The van der Waals surface area contributed by atoms with Crippen LogP contribution in [0.15, 0.2) is 88.8 Å². The number of aromatic hydroxyl groups is 1. The Labute approximate surface area is 243 Å². The molecule has 1 aliphatic rings. The van der Waals surface area contributed by atoms with E-state index in [0.717, 1.165) is 65.0 Å². The van der Waals surface area contributed by atoms with Crippen molar-refractivity contribution in [1.29, 1.82) is 0 Å². The van der Waals surface area contributed by atoms with Crippen LogP contribution >= 0.6 is 11.8 Å². The van der Waals surface area contributed by atoms with E-state index in [2.05, 4.69) is 20.4 Å². The van der Waals surface area contributed by atoms with Gasteiger partial charge in [0.2, 0.25) is 0 Å². The van der Waals surface area contributed by atoms with Crippen LogP contribution in [-0.4, -0.2) is 30.2 Å². The van der Waals surface area contributed by atoms with Gasteiger partial charge in [-0.15, -0.1) is 11.8 Å². The molecule has 2 aromatic carbocycles. The summed E-state index contributed by atoms with van der Waals surface area (Å²) in [6, 6.07) is 13.4. The molecule has 3 nitrogen and oxygen atoms in total. The highest BCUT2D eigenvalue weighted by atomic mass is 32.2. The van der Waals surface area contributed by atoms with Gasteiger partial charge in [0.05, 0.1) is 19.4 Å². The third-order valence-electron chi connectivity index (χ3n) is 6.37. The molecule has 2 aromatic rings. The van der Waals surface area contributed by atoms with Gasteiger partial charge in [-0.1, -0.05) is 52.3 Å². The van der Waals surface area contributed by atoms with Gasteiger partial charge >= 0.3 is 0 Å². The van der Waals surface area contributed by atoms with Crippen LogP contribution in [0.2, 0.25) is 0 Å². The van der Waals surface area contributed by atoms with E-state index >= 15 is 0 Å². The highest BCUT2D eigenvalue weighted by Gasteiger charge is 2.24. The minimum Gasteiger partial charge on any atom is -0.508 e. The molecule has 1 aliphatic heterocycles. The maximum atomic E-state index is 14.9. The Kier molecular flexibility index (Phi) is 14.7. The second-order valence-corrected chi connectivity index (χ2v) is 10.5. The summed E-state index contributed by atoms with van der Waals surface area (Å²) in [5.74, 6) is 1.83. The van der Waals surface area contributed by atoms with Crippen molar-refractivity contribution in [2.24, 2.45) is 0 Å². The summed E-state index contributed by atoms with van der Waals surface area (Å²) in [5.41, 5.74) is 4.29. The van der Waals surface area contributed by atoms with Crippen molar-refractivity contribution in [3.63, 3.8) is 0 Å². The fourth-order valence-corrected chi connectivity index (χ4v) is 5.42. The third kappa shape index (κ3) is 9.88. The van der Waals surface area contributed by atoms with Crippen LogP contribution in [0.4, 0.5) is 8.78 Å². The Hall–Kier alpha value is -2.99. The predicted octanol–water partition coefficient (Wildman–Crippen LogP) is 10.4. The van der Waals surface area contributed by atoms with Crippen molar-refractivity contribution >= 4 is 17.3 Å². The molecule has 0 saturated carbocycles. The van der Waals surface area contributed by atoms with Gasteiger partial charge in [0.25, 0.3) is 0 Å². The third-order valence-corrected chi connectivity index (χ3v) is 7.45. The lowest BCUT2D eigenvalue weighted by Crippen LogP contribution is -2.14. The van der Waals surface area contributed by atoms with Gasteiger partial charge in [-0.25, -0.2) is 4.39 Å².